The second kappa shape index (κ2) is 4.12. The van der Waals surface area contributed by atoms with Crippen LogP contribution in [0.5, 0.6) is 0 Å². The molecule has 0 aliphatic carbocycles. The number of hydrogen-bond donors (Lipinski definition) is 0. The molecule has 1 aliphatic rings. The molecule has 1 aliphatic heterocycles. The Morgan fingerprint density at radius 3 is 3.00 bits per heavy atom. The molecule has 3 atom stereocenters. The van der Waals surface area contributed by atoms with Crippen molar-refractivity contribution in [2.24, 2.45) is 0 Å². The minimum absolute atomic E-state index is 0.0521. The van der Waals surface area contributed by atoms with Crippen molar-refractivity contribution in [3.63, 3.8) is 0 Å². The van der Waals surface area contributed by atoms with Crippen molar-refractivity contribution >= 4 is 15.6 Å². The van der Waals surface area contributed by atoms with E-state index < -0.39 is 25.9 Å². The van der Waals surface area contributed by atoms with Gasteiger partial charge in [-0.3, -0.25) is 0 Å². The van der Waals surface area contributed by atoms with Gasteiger partial charge >= 0.3 is 7.80 Å². The Labute approximate surface area is 72.1 Å². The Morgan fingerprint density at radius 1 is 1.92 bits per heavy atom. The van der Waals surface area contributed by atoms with E-state index in [2.05, 4.69) is 0 Å². The van der Waals surface area contributed by atoms with Crippen LogP contribution in [0.1, 0.15) is 0 Å². The largest absolute Gasteiger partial charge is 0.363 e. The van der Waals surface area contributed by atoms with Gasteiger partial charge in [0.1, 0.15) is 20.3 Å². The molecule has 2 radical (unpaired) electrons. The van der Waals surface area contributed by atoms with E-state index in [-0.39, 0.29) is 6.35 Å². The lowest BCUT2D eigenvalue weighted by Crippen LogP contribution is -2.15. The van der Waals surface area contributed by atoms with Gasteiger partial charge in [-0.1, -0.05) is 4.57 Å². The molecule has 0 spiro atoms. The first-order chi connectivity index (χ1) is 5.59. The van der Waals surface area contributed by atoms with E-state index in [1.54, 1.807) is 0 Å². The predicted octanol–water partition coefficient (Wildman–Crippen LogP) is 1.12. The van der Waals surface area contributed by atoms with Crippen molar-refractivity contribution in [2.45, 2.75) is 12.3 Å². The lowest BCUT2D eigenvalue weighted by Gasteiger charge is -2.07. The first-order valence-electron chi connectivity index (χ1n) is 3.37. The van der Waals surface area contributed by atoms with E-state index in [1.807, 2.05) is 0 Å². The van der Waals surface area contributed by atoms with E-state index >= 15 is 0 Å². The van der Waals surface area contributed by atoms with Gasteiger partial charge in [0, 0.05) is 6.08 Å². The minimum Gasteiger partial charge on any atom is -0.348 e. The molecular weight excluding hydrogens is 181 g/mol. The van der Waals surface area contributed by atoms with Gasteiger partial charge in [-0.05, 0) is 0 Å². The zero-order valence-corrected chi connectivity index (χ0v) is 7.46. The molecule has 3 nitrogen and oxygen atoms in total. The molecule has 1 heterocycles. The Hall–Kier alpha value is -0.245. The molecule has 0 aromatic heterocycles. The SMILES string of the molecule is [B][C@@H]1O[C@H](OC[P+](C)=O)C=C1F. The summed E-state index contributed by atoms with van der Waals surface area (Å²) in [5.41, 5.74) is 0. The zero-order chi connectivity index (χ0) is 9.14. The molecule has 0 aromatic rings. The van der Waals surface area contributed by atoms with Gasteiger partial charge in [0.2, 0.25) is 6.35 Å². The van der Waals surface area contributed by atoms with Crippen molar-refractivity contribution in [2.75, 3.05) is 13.0 Å². The highest BCUT2D eigenvalue weighted by Crippen LogP contribution is 2.22. The molecule has 1 rings (SSSR count). The summed E-state index contributed by atoms with van der Waals surface area (Å²) < 4.78 is 32.8. The number of hydrogen-bond acceptors (Lipinski definition) is 3. The van der Waals surface area contributed by atoms with E-state index in [4.69, 9.17) is 17.3 Å². The van der Waals surface area contributed by atoms with Crippen molar-refractivity contribution in [1.29, 1.82) is 0 Å². The van der Waals surface area contributed by atoms with Crippen molar-refractivity contribution < 1.29 is 18.4 Å². The maximum Gasteiger partial charge on any atom is 0.363 e. The molecule has 6 heteroatoms. The first-order valence-corrected chi connectivity index (χ1v) is 5.27. The normalized spacial score (nSPS) is 30.2. The lowest BCUT2D eigenvalue weighted by atomic mass is 10.0. The fourth-order valence-corrected chi connectivity index (χ4v) is 1.10. The Kier molecular flexibility index (Phi) is 3.38. The highest BCUT2D eigenvalue weighted by Gasteiger charge is 2.25. The maximum atomic E-state index is 12.5. The van der Waals surface area contributed by atoms with Gasteiger partial charge in [0.15, 0.2) is 6.29 Å². The highest BCUT2D eigenvalue weighted by molar-refractivity contribution is 7.43. The third-order valence-corrected chi connectivity index (χ3v) is 1.78. The molecule has 64 valence electrons. The van der Waals surface area contributed by atoms with Gasteiger partial charge in [-0.25, -0.2) is 4.39 Å². The van der Waals surface area contributed by atoms with Crippen LogP contribution in [-0.4, -0.2) is 33.2 Å². The first kappa shape index (κ1) is 9.84. The number of rotatable bonds is 3. The predicted molar refractivity (Wildman–Crippen MR) is 43.1 cm³/mol. The van der Waals surface area contributed by atoms with Crippen LogP contribution in [0.3, 0.4) is 0 Å². The topological polar surface area (TPSA) is 35.5 Å². The Morgan fingerprint density at radius 2 is 2.58 bits per heavy atom. The van der Waals surface area contributed by atoms with Crippen molar-refractivity contribution in [1.82, 2.24) is 0 Å². The monoisotopic (exact) mass is 189 g/mol. The number of ether oxygens (including phenoxy) is 2. The van der Waals surface area contributed by atoms with E-state index in [9.17, 15) is 8.96 Å². The third kappa shape index (κ3) is 2.66. The summed E-state index contributed by atoms with van der Waals surface area (Å²) >= 11 is 0. The van der Waals surface area contributed by atoms with Crippen LogP contribution in [0.25, 0.3) is 0 Å². The third-order valence-electron chi connectivity index (χ3n) is 1.27. The van der Waals surface area contributed by atoms with Gasteiger partial charge < -0.3 is 9.47 Å². The van der Waals surface area contributed by atoms with E-state index in [1.165, 1.54) is 6.66 Å². The summed E-state index contributed by atoms with van der Waals surface area (Å²) in [4.78, 5) is 0. The molecule has 0 fully saturated rings. The average Bonchev–Trinajstić information content (AvgIpc) is 2.28. The van der Waals surface area contributed by atoms with Crippen LogP contribution in [-0.2, 0) is 14.0 Å². The molecule has 0 N–H and O–H groups in total. The van der Waals surface area contributed by atoms with Crippen molar-refractivity contribution in [3.05, 3.63) is 11.9 Å². The molecule has 0 amide bonds. The number of halogens is 1. The highest BCUT2D eigenvalue weighted by atomic mass is 31.1. The fraction of sp³-hybridized carbons (Fsp3) is 0.667. The molecule has 0 bridgehead atoms. The summed E-state index contributed by atoms with van der Waals surface area (Å²) in [7, 11) is 3.77. The van der Waals surface area contributed by atoms with Gasteiger partial charge in [0.05, 0.1) is 6.00 Å². The second-order valence-electron chi connectivity index (χ2n) is 2.40. The van der Waals surface area contributed by atoms with Crippen LogP contribution >= 0.6 is 7.80 Å². The molecule has 12 heavy (non-hydrogen) atoms. The summed E-state index contributed by atoms with van der Waals surface area (Å²) in [6.45, 7) is 1.52. The molecule has 1 unspecified atom stereocenters. The van der Waals surface area contributed by atoms with Gasteiger partial charge in [-0.15, -0.1) is 0 Å². The van der Waals surface area contributed by atoms with Gasteiger partial charge in [0.25, 0.3) is 0 Å². The second-order valence-corrected chi connectivity index (χ2v) is 3.91. The molecular formula is C6H8BFO3P+. The van der Waals surface area contributed by atoms with E-state index in [0.717, 1.165) is 6.08 Å². The summed E-state index contributed by atoms with van der Waals surface area (Å²) in [6.07, 6.45) is 0.388. The quantitative estimate of drug-likeness (QED) is 0.492. The standard InChI is InChI=1S/C6H8BFO3P/c1-12(9)3-10-5-2-4(8)6(7)11-5/h2,5-6H,3H2,1H3/q+1/t5-,6+/m0/s1. The van der Waals surface area contributed by atoms with Crippen LogP contribution < -0.4 is 0 Å². The summed E-state index contributed by atoms with van der Waals surface area (Å²) in [5.74, 6) is -0.550. The van der Waals surface area contributed by atoms with Crippen molar-refractivity contribution in [3.8, 4) is 0 Å². The Bertz CT molecular complexity index is 221. The fourth-order valence-electron chi connectivity index (χ4n) is 0.739. The van der Waals surface area contributed by atoms with Crippen LogP contribution in [0.15, 0.2) is 11.9 Å². The van der Waals surface area contributed by atoms with Crippen LogP contribution in [0.2, 0.25) is 0 Å². The smallest absolute Gasteiger partial charge is 0.348 e. The zero-order valence-electron chi connectivity index (χ0n) is 6.57. The molecule has 0 saturated heterocycles. The molecule has 0 saturated carbocycles. The van der Waals surface area contributed by atoms with Gasteiger partial charge in [-0.2, -0.15) is 0 Å². The average molecular weight is 189 g/mol. The van der Waals surface area contributed by atoms with Crippen LogP contribution in [0, 0.1) is 0 Å². The van der Waals surface area contributed by atoms with Crippen LogP contribution in [0.4, 0.5) is 4.39 Å². The summed E-state index contributed by atoms with van der Waals surface area (Å²) in [6, 6.07) is -1.04. The lowest BCUT2D eigenvalue weighted by molar-refractivity contribution is -0.0881. The molecule has 0 aromatic carbocycles. The maximum absolute atomic E-state index is 12.5. The van der Waals surface area contributed by atoms with E-state index in [0.29, 0.717) is 0 Å². The minimum atomic E-state index is -1.39. The summed E-state index contributed by atoms with van der Waals surface area (Å²) in [5, 5.41) is 0. The Balaban J connectivity index is 2.33.